The van der Waals surface area contributed by atoms with Gasteiger partial charge in [-0.3, -0.25) is 9.78 Å². The van der Waals surface area contributed by atoms with Crippen LogP contribution >= 0.6 is 0 Å². The minimum atomic E-state index is -0.0813. The van der Waals surface area contributed by atoms with Gasteiger partial charge in [0.05, 0.1) is 16.9 Å². The molecule has 1 amide bonds. The van der Waals surface area contributed by atoms with E-state index in [9.17, 15) is 4.79 Å². The Morgan fingerprint density at radius 3 is 2.36 bits per heavy atom. The molecule has 0 bridgehead atoms. The third-order valence-corrected chi connectivity index (χ3v) is 6.76. The number of carbonyl (C=O) groups is 1. The summed E-state index contributed by atoms with van der Waals surface area (Å²) in [5, 5.41) is 3.96. The maximum atomic E-state index is 12.9. The van der Waals surface area contributed by atoms with Crippen LogP contribution in [-0.2, 0) is 6.54 Å². The number of benzene rings is 3. The fourth-order valence-electron chi connectivity index (χ4n) is 4.69. The topological polar surface area (TPSA) is 84.1 Å². The molecular weight excluding hydrogens is 482 g/mol. The smallest absolute Gasteiger partial charge is 0.251 e. The van der Waals surface area contributed by atoms with Gasteiger partial charge in [-0.15, -0.1) is 0 Å². The Kier molecular flexibility index (Phi) is 8.06. The Hall–Kier alpha value is -4.39. The van der Waals surface area contributed by atoms with Crippen LogP contribution < -0.4 is 11.1 Å². The van der Waals surface area contributed by atoms with Crippen molar-refractivity contribution in [2.24, 2.45) is 5.73 Å². The maximum absolute atomic E-state index is 12.9. The summed E-state index contributed by atoms with van der Waals surface area (Å²) >= 11 is 0. The van der Waals surface area contributed by atoms with Gasteiger partial charge in [-0.25, -0.2) is 4.98 Å². The quantitative estimate of drug-likeness (QED) is 0.244. The van der Waals surface area contributed by atoms with Crippen molar-refractivity contribution in [1.82, 2.24) is 20.2 Å². The Morgan fingerprint density at radius 2 is 1.62 bits per heavy atom. The average Bonchev–Trinajstić information content (AvgIpc) is 2.98. The molecule has 0 saturated heterocycles. The minimum Gasteiger partial charge on any atom is -0.352 e. The lowest BCUT2D eigenvalue weighted by Crippen LogP contribution is -2.27. The monoisotopic (exact) mass is 515 g/mol. The Balaban J connectivity index is 1.57. The molecule has 6 heteroatoms. The molecule has 3 N–H and O–H groups in total. The van der Waals surface area contributed by atoms with E-state index in [0.717, 1.165) is 63.1 Å². The van der Waals surface area contributed by atoms with Gasteiger partial charge in [0.1, 0.15) is 0 Å². The highest BCUT2D eigenvalue weighted by Gasteiger charge is 2.16. The lowest BCUT2D eigenvalue weighted by atomic mass is 9.95. The number of hydrogen-bond acceptors (Lipinski definition) is 5. The molecule has 0 aliphatic heterocycles. The summed E-state index contributed by atoms with van der Waals surface area (Å²) in [6.07, 6.45) is 2.68. The summed E-state index contributed by atoms with van der Waals surface area (Å²) in [6.45, 7) is 2.06. The second-order valence-electron chi connectivity index (χ2n) is 9.87. The second kappa shape index (κ2) is 12.0. The van der Waals surface area contributed by atoms with E-state index in [1.165, 1.54) is 0 Å². The van der Waals surface area contributed by atoms with E-state index in [-0.39, 0.29) is 5.91 Å². The van der Waals surface area contributed by atoms with Crippen LogP contribution in [0.2, 0.25) is 0 Å². The van der Waals surface area contributed by atoms with Gasteiger partial charge in [-0.05, 0) is 62.5 Å². The van der Waals surface area contributed by atoms with Gasteiger partial charge in [-0.2, -0.15) is 0 Å². The number of nitrogens with one attached hydrogen (secondary N) is 1. The first-order chi connectivity index (χ1) is 19.0. The van der Waals surface area contributed by atoms with Crippen LogP contribution in [0, 0.1) is 0 Å². The zero-order chi connectivity index (χ0) is 27.2. The third-order valence-electron chi connectivity index (χ3n) is 6.76. The van der Waals surface area contributed by atoms with Gasteiger partial charge < -0.3 is 16.0 Å². The van der Waals surface area contributed by atoms with E-state index in [4.69, 9.17) is 15.7 Å². The highest BCUT2D eigenvalue weighted by molar-refractivity contribution is 6.00. The highest BCUT2D eigenvalue weighted by atomic mass is 16.1. The molecule has 0 aliphatic rings. The van der Waals surface area contributed by atoms with E-state index in [0.29, 0.717) is 18.7 Å². The van der Waals surface area contributed by atoms with Crippen molar-refractivity contribution in [2.45, 2.75) is 13.0 Å². The predicted molar refractivity (Wildman–Crippen MR) is 159 cm³/mol. The lowest BCUT2D eigenvalue weighted by Gasteiger charge is -2.14. The van der Waals surface area contributed by atoms with Crippen molar-refractivity contribution in [1.29, 1.82) is 0 Å². The number of aromatic nitrogens is 2. The zero-order valence-corrected chi connectivity index (χ0v) is 22.4. The summed E-state index contributed by atoms with van der Waals surface area (Å²) in [7, 11) is 4.06. The summed E-state index contributed by atoms with van der Waals surface area (Å²) in [6, 6.07) is 30.3. The Bertz CT molecular complexity index is 1580. The molecule has 5 rings (SSSR count). The number of nitrogens with two attached hydrogens (primary N) is 1. The summed E-state index contributed by atoms with van der Waals surface area (Å²) < 4.78 is 0. The third kappa shape index (κ3) is 6.03. The summed E-state index contributed by atoms with van der Waals surface area (Å²) in [5.41, 5.74) is 14.1. The molecule has 5 aromatic rings. The van der Waals surface area contributed by atoms with Crippen LogP contribution in [0.5, 0.6) is 0 Å². The molecule has 3 aromatic carbocycles. The fraction of sp³-hybridized carbons (Fsp3) is 0.182. The van der Waals surface area contributed by atoms with E-state index in [1.807, 2.05) is 74.8 Å². The normalized spacial score (nSPS) is 11.2. The van der Waals surface area contributed by atoms with Gasteiger partial charge in [0, 0.05) is 46.9 Å². The largest absolute Gasteiger partial charge is 0.352 e. The molecule has 39 heavy (non-hydrogen) atoms. The van der Waals surface area contributed by atoms with Crippen LogP contribution in [0.1, 0.15) is 22.3 Å². The number of nitrogens with zero attached hydrogens (tertiary/aromatic N) is 3. The first-order valence-electron chi connectivity index (χ1n) is 13.2. The zero-order valence-electron chi connectivity index (χ0n) is 22.4. The van der Waals surface area contributed by atoms with Gasteiger partial charge in [0.25, 0.3) is 5.91 Å². The average molecular weight is 516 g/mol. The number of hydrogen-bond donors (Lipinski definition) is 2. The summed E-state index contributed by atoms with van der Waals surface area (Å²) in [4.78, 5) is 24.8. The van der Waals surface area contributed by atoms with Gasteiger partial charge in [0.15, 0.2) is 0 Å². The van der Waals surface area contributed by atoms with Crippen LogP contribution in [-0.4, -0.2) is 48.0 Å². The molecule has 6 nitrogen and oxygen atoms in total. The number of fused-ring (bicyclic) bond motifs is 1. The van der Waals surface area contributed by atoms with E-state index in [2.05, 4.69) is 40.5 Å². The van der Waals surface area contributed by atoms with Crippen LogP contribution in [0.4, 0.5) is 0 Å². The van der Waals surface area contributed by atoms with Crippen LogP contribution in [0.3, 0.4) is 0 Å². The molecule has 196 valence electrons. The van der Waals surface area contributed by atoms with Crippen LogP contribution in [0.25, 0.3) is 44.5 Å². The molecular formula is C33H33N5O. The van der Waals surface area contributed by atoms with Gasteiger partial charge in [0.2, 0.25) is 0 Å². The van der Waals surface area contributed by atoms with Crippen molar-refractivity contribution in [3.63, 3.8) is 0 Å². The molecule has 0 atom stereocenters. The maximum Gasteiger partial charge on any atom is 0.251 e. The standard InChI is InChI=1S/C33H33N5O/c1-38(2)19-7-17-36-33(39)27-11-6-10-26(20-27)31-29-21-28(24-8-4-3-5-9-24)32(37-30(29)16-18-35-31)25-14-12-23(22-34)13-15-25/h3-6,8-16,18,20-21H,7,17,19,22,34H2,1-2H3,(H,36,39). The predicted octanol–water partition coefficient (Wildman–Crippen LogP) is 5.77. The Labute approximate surface area is 229 Å². The van der Waals surface area contributed by atoms with Crippen molar-refractivity contribution in [3.05, 3.63) is 108 Å². The fourth-order valence-corrected chi connectivity index (χ4v) is 4.69. The van der Waals surface area contributed by atoms with Crippen LogP contribution in [0.15, 0.2) is 97.2 Å². The molecule has 2 aromatic heterocycles. The lowest BCUT2D eigenvalue weighted by molar-refractivity contribution is 0.0952. The van der Waals surface area contributed by atoms with E-state index < -0.39 is 0 Å². The van der Waals surface area contributed by atoms with Crippen molar-refractivity contribution in [2.75, 3.05) is 27.2 Å². The molecule has 0 spiro atoms. The molecule has 0 unspecified atom stereocenters. The molecule has 0 radical (unpaired) electrons. The SMILES string of the molecule is CN(C)CCCNC(=O)c1cccc(-c2nccc3nc(-c4ccc(CN)cc4)c(-c4ccccc4)cc23)c1. The number of rotatable bonds is 9. The number of carbonyl (C=O) groups excluding carboxylic acids is 1. The minimum absolute atomic E-state index is 0.0813. The Morgan fingerprint density at radius 1 is 0.846 bits per heavy atom. The van der Waals surface area contributed by atoms with Gasteiger partial charge >= 0.3 is 0 Å². The van der Waals surface area contributed by atoms with Gasteiger partial charge in [-0.1, -0.05) is 66.7 Å². The molecule has 0 saturated carbocycles. The first kappa shape index (κ1) is 26.2. The second-order valence-corrected chi connectivity index (χ2v) is 9.87. The van der Waals surface area contributed by atoms with Crippen molar-refractivity contribution in [3.8, 4) is 33.6 Å². The van der Waals surface area contributed by atoms with E-state index in [1.54, 1.807) is 6.20 Å². The number of pyridine rings is 2. The molecule has 2 heterocycles. The number of amides is 1. The van der Waals surface area contributed by atoms with Crippen molar-refractivity contribution >= 4 is 16.8 Å². The van der Waals surface area contributed by atoms with Crippen molar-refractivity contribution < 1.29 is 4.79 Å². The molecule has 0 fully saturated rings. The first-order valence-corrected chi connectivity index (χ1v) is 13.2. The summed E-state index contributed by atoms with van der Waals surface area (Å²) in [5.74, 6) is -0.0813. The highest BCUT2D eigenvalue weighted by Crippen LogP contribution is 2.36. The molecule has 0 aliphatic carbocycles. The van der Waals surface area contributed by atoms with E-state index >= 15 is 0 Å².